The lowest BCUT2D eigenvalue weighted by Crippen LogP contribution is -2.01. The minimum atomic E-state index is -0.953. The molecular formula is C76H56O16. The maximum atomic E-state index is 11.0. The molecule has 0 atom stereocenters. The first-order chi connectivity index (χ1) is 44.1. The van der Waals surface area contributed by atoms with Crippen LogP contribution >= 0.6 is 0 Å². The van der Waals surface area contributed by atoms with E-state index >= 15 is 0 Å². The summed E-state index contributed by atoms with van der Waals surface area (Å²) in [6.45, 7) is 5.49. The van der Waals surface area contributed by atoms with E-state index in [2.05, 4.69) is 6.07 Å². The molecule has 0 radical (unpaired) electrons. The van der Waals surface area contributed by atoms with E-state index in [0.717, 1.165) is 87.6 Å². The minimum absolute atomic E-state index is 0.246. The third-order valence-electron chi connectivity index (χ3n) is 14.1. The van der Waals surface area contributed by atoms with Gasteiger partial charge < -0.3 is 39.4 Å². The molecule has 0 unspecified atom stereocenters. The van der Waals surface area contributed by atoms with Crippen molar-refractivity contribution in [3.05, 3.63) is 265 Å². The van der Waals surface area contributed by atoms with Gasteiger partial charge in [0.1, 0.15) is 23.0 Å². The molecule has 4 N–H and O–H groups in total. The van der Waals surface area contributed by atoms with Gasteiger partial charge in [-0.3, -0.25) is 19.2 Å². The van der Waals surface area contributed by atoms with Gasteiger partial charge in [0, 0.05) is 27.7 Å². The molecular weight excluding hydrogens is 1170 g/mol. The molecule has 12 rings (SSSR count). The van der Waals surface area contributed by atoms with Gasteiger partial charge in [0.2, 0.25) is 0 Å². The summed E-state index contributed by atoms with van der Waals surface area (Å²) in [6.07, 6.45) is 0. The van der Waals surface area contributed by atoms with Crippen molar-refractivity contribution in [2.45, 2.75) is 27.7 Å². The molecule has 0 saturated heterocycles. The number of rotatable bonds is 12. The number of benzene rings is 12. The fraction of sp³-hybridized carbons (Fsp3) is 0.0526. The van der Waals surface area contributed by atoms with E-state index in [-0.39, 0.29) is 46.1 Å². The van der Waals surface area contributed by atoms with E-state index in [1.54, 1.807) is 121 Å². The number of aromatic carboxylic acids is 4. The molecule has 0 heterocycles. The normalized spacial score (nSPS) is 10.5. The Hall–Kier alpha value is -12.6. The minimum Gasteiger partial charge on any atom is -0.478 e. The summed E-state index contributed by atoms with van der Waals surface area (Å²) in [5.74, 6) is -3.05. The van der Waals surface area contributed by atoms with Crippen LogP contribution in [0, 0.1) is 0 Å². The number of hydrogen-bond donors (Lipinski definition) is 4. The largest absolute Gasteiger partial charge is 0.478 e. The van der Waals surface area contributed by atoms with Crippen LogP contribution in [0.1, 0.15) is 69.1 Å². The molecule has 0 bridgehead atoms. The second kappa shape index (κ2) is 29.0. The molecule has 0 saturated carbocycles. The molecule has 92 heavy (non-hydrogen) atoms. The van der Waals surface area contributed by atoms with Crippen molar-refractivity contribution in [3.63, 3.8) is 0 Å². The molecule has 12 aromatic rings. The van der Waals surface area contributed by atoms with Crippen LogP contribution in [-0.2, 0) is 19.2 Å². The van der Waals surface area contributed by atoms with Crippen molar-refractivity contribution >= 4 is 90.8 Å². The number of esters is 4. The van der Waals surface area contributed by atoms with Crippen LogP contribution in [0.3, 0.4) is 0 Å². The molecule has 0 aliphatic carbocycles. The lowest BCUT2D eigenvalue weighted by atomic mass is 9.99. The zero-order chi connectivity index (χ0) is 65.6. The number of carbonyl (C=O) groups excluding carboxylic acids is 4. The first kappa shape index (κ1) is 63.9. The van der Waals surface area contributed by atoms with Crippen LogP contribution in [0.4, 0.5) is 0 Å². The van der Waals surface area contributed by atoms with Crippen molar-refractivity contribution in [3.8, 4) is 67.5 Å². The Kier molecular flexibility index (Phi) is 20.1. The molecule has 0 aliphatic rings. The third kappa shape index (κ3) is 16.9. The summed E-state index contributed by atoms with van der Waals surface area (Å²) in [5.41, 5.74) is 8.92. The fourth-order valence-electron chi connectivity index (χ4n) is 9.76. The Labute approximate surface area is 526 Å². The molecule has 12 aromatic carbocycles. The summed E-state index contributed by atoms with van der Waals surface area (Å²) in [4.78, 5) is 87.6. The molecule has 16 nitrogen and oxygen atoms in total. The van der Waals surface area contributed by atoms with Crippen molar-refractivity contribution in [2.24, 2.45) is 0 Å². The van der Waals surface area contributed by atoms with Gasteiger partial charge in [-0.2, -0.15) is 0 Å². The molecule has 0 aliphatic heterocycles. The van der Waals surface area contributed by atoms with E-state index in [1.807, 2.05) is 115 Å². The highest BCUT2D eigenvalue weighted by molar-refractivity contribution is 5.98. The lowest BCUT2D eigenvalue weighted by molar-refractivity contribution is -0.132. The van der Waals surface area contributed by atoms with E-state index in [1.165, 1.54) is 27.7 Å². The second-order valence-corrected chi connectivity index (χ2v) is 20.8. The van der Waals surface area contributed by atoms with Crippen LogP contribution in [0.15, 0.2) is 243 Å². The van der Waals surface area contributed by atoms with Gasteiger partial charge in [0.15, 0.2) is 0 Å². The Balaban J connectivity index is 0.000000145. The summed E-state index contributed by atoms with van der Waals surface area (Å²) in [7, 11) is 0. The van der Waals surface area contributed by atoms with Gasteiger partial charge in [0.25, 0.3) is 0 Å². The third-order valence-corrected chi connectivity index (χ3v) is 14.1. The zero-order valence-electron chi connectivity index (χ0n) is 49.8. The number of carboxylic acid groups (broad SMARTS) is 4. The smallest absolute Gasteiger partial charge is 0.335 e. The topological polar surface area (TPSA) is 254 Å². The number of ether oxygens (including phenoxy) is 4. The monoisotopic (exact) mass is 1220 g/mol. The van der Waals surface area contributed by atoms with Crippen molar-refractivity contribution in [1.82, 2.24) is 0 Å². The van der Waals surface area contributed by atoms with Gasteiger partial charge in [-0.05, 0) is 209 Å². The summed E-state index contributed by atoms with van der Waals surface area (Å²) >= 11 is 0. The molecule has 456 valence electrons. The highest BCUT2D eigenvalue weighted by Crippen LogP contribution is 2.32. The Morgan fingerprint density at radius 3 is 0.652 bits per heavy atom. The van der Waals surface area contributed by atoms with Crippen LogP contribution in [-0.4, -0.2) is 68.2 Å². The van der Waals surface area contributed by atoms with Crippen molar-refractivity contribution in [2.75, 3.05) is 0 Å². The molecule has 0 fully saturated rings. The summed E-state index contributed by atoms with van der Waals surface area (Å²) < 4.78 is 20.2. The zero-order valence-corrected chi connectivity index (χ0v) is 49.8. The molecule has 0 amide bonds. The molecule has 0 aromatic heterocycles. The van der Waals surface area contributed by atoms with Gasteiger partial charge >= 0.3 is 47.8 Å². The summed E-state index contributed by atoms with van der Waals surface area (Å²) in [6, 6.07) is 72.6. The van der Waals surface area contributed by atoms with Crippen LogP contribution in [0.2, 0.25) is 0 Å². The summed E-state index contributed by atoms with van der Waals surface area (Å²) in [5, 5.41) is 43.5. The van der Waals surface area contributed by atoms with Crippen LogP contribution in [0.25, 0.3) is 87.6 Å². The maximum absolute atomic E-state index is 11.0. The van der Waals surface area contributed by atoms with Gasteiger partial charge in [0.05, 0.1) is 22.3 Å². The average molecular weight is 1230 g/mol. The highest BCUT2D eigenvalue weighted by atomic mass is 16.5. The van der Waals surface area contributed by atoms with E-state index in [4.69, 9.17) is 39.4 Å². The van der Waals surface area contributed by atoms with Gasteiger partial charge in [-0.15, -0.1) is 0 Å². The van der Waals surface area contributed by atoms with Gasteiger partial charge in [-0.25, -0.2) is 19.2 Å². The van der Waals surface area contributed by atoms with E-state index in [0.29, 0.717) is 23.0 Å². The SMILES string of the molecule is CC(=O)Oc1ccc(-c2ccc3cc(C(=O)O)ccc3c2)cc1.CC(=O)Oc1ccc(-c2ccc3cc(OC(C)=O)ccc3c2)cc1.CC(=O)Oc1ccc2cc(-c3ccc(C(=O)O)cc3)ccc2c1.O=C(O)c1ccc(-c2ccc3cc(C(=O)O)ccc3c2)cc1. The Morgan fingerprint density at radius 1 is 0.207 bits per heavy atom. The number of carboxylic acids is 4. The number of carbonyl (C=O) groups is 8. The van der Waals surface area contributed by atoms with Crippen LogP contribution in [0.5, 0.6) is 23.0 Å². The predicted molar refractivity (Wildman–Crippen MR) is 351 cm³/mol. The fourth-order valence-corrected chi connectivity index (χ4v) is 9.76. The van der Waals surface area contributed by atoms with E-state index in [9.17, 15) is 38.4 Å². The first-order valence-corrected chi connectivity index (χ1v) is 28.4. The quantitative estimate of drug-likeness (QED) is 0.0655. The van der Waals surface area contributed by atoms with Crippen molar-refractivity contribution < 1.29 is 77.7 Å². The predicted octanol–water partition coefficient (Wildman–Crippen LogP) is 16.5. The molecule has 0 spiro atoms. The Bertz CT molecular complexity index is 4800. The highest BCUT2D eigenvalue weighted by Gasteiger charge is 2.11. The number of fused-ring (bicyclic) bond motifs is 4. The van der Waals surface area contributed by atoms with Crippen LogP contribution < -0.4 is 18.9 Å². The Morgan fingerprint density at radius 2 is 0.391 bits per heavy atom. The average Bonchev–Trinajstić information content (AvgIpc) is 1.06. The first-order valence-electron chi connectivity index (χ1n) is 28.4. The standard InChI is InChI=1S/C20H16O4.2C19H14O4.C18H12O4/c1-13(21)23-19-8-5-15(6-9-19)16-3-4-18-12-20(24-14(2)22)10-7-17(18)11-16;1-12(20)23-18-9-8-16-10-15(6-7-17(16)11-18)13-2-4-14(5-3-13)19(21)22;1-12(20)23-18-8-6-13(7-9-18)14-2-3-16-11-17(19(21)22)5-4-15(16)10-14;19-17(20)12-3-1-11(2-4-12)13-5-6-15-10-16(18(21)22)8-7-14(15)9-13/h3-12H,1-2H3;2*2-11H,1H3,(H,21,22);1-10H,(H,19,20)(H,21,22). The van der Waals surface area contributed by atoms with Crippen molar-refractivity contribution in [1.29, 1.82) is 0 Å². The van der Waals surface area contributed by atoms with E-state index < -0.39 is 23.9 Å². The number of hydrogen-bond acceptors (Lipinski definition) is 12. The molecule has 16 heteroatoms. The maximum Gasteiger partial charge on any atom is 0.335 e. The lowest BCUT2D eigenvalue weighted by Gasteiger charge is -2.07. The second-order valence-electron chi connectivity index (χ2n) is 20.8. The van der Waals surface area contributed by atoms with Gasteiger partial charge in [-0.1, -0.05) is 121 Å².